The molecular formula is C8H3ClFIN2. The second kappa shape index (κ2) is 4.53. The molecule has 2 nitrogen and oxygen atoms in total. The smallest absolute Gasteiger partial charge is 0.156 e. The van der Waals surface area contributed by atoms with Gasteiger partial charge in [-0.1, -0.05) is 11.6 Å². The molecule has 0 aliphatic rings. The summed E-state index contributed by atoms with van der Waals surface area (Å²) in [6.45, 7) is 0. The minimum Gasteiger partial charge on any atom is -0.251 e. The van der Waals surface area contributed by atoms with Crippen molar-refractivity contribution in [2.24, 2.45) is 0 Å². The molecule has 0 saturated carbocycles. The molecule has 0 aromatic carbocycles. The van der Waals surface area contributed by atoms with Crippen LogP contribution in [0.15, 0.2) is 16.3 Å². The Balaban J connectivity index is 3.22. The number of halogens is 3. The summed E-state index contributed by atoms with van der Waals surface area (Å²) in [6, 6.07) is 3.24. The molecule has 1 aromatic heterocycles. The summed E-state index contributed by atoms with van der Waals surface area (Å²) < 4.78 is 14.2. The highest BCUT2D eigenvalue weighted by Gasteiger charge is 2.07. The molecule has 0 spiro atoms. The van der Waals surface area contributed by atoms with Gasteiger partial charge in [-0.25, -0.2) is 4.39 Å². The van der Waals surface area contributed by atoms with Crippen molar-refractivity contribution >= 4 is 40.0 Å². The number of pyridine rings is 1. The fraction of sp³-hybridized carbons (Fsp3) is 0. The van der Waals surface area contributed by atoms with Crippen molar-refractivity contribution in [3.63, 3.8) is 0 Å². The van der Waals surface area contributed by atoms with Crippen molar-refractivity contribution in [3.05, 3.63) is 32.6 Å². The van der Waals surface area contributed by atoms with E-state index in [1.165, 1.54) is 16.3 Å². The van der Waals surface area contributed by atoms with Crippen LogP contribution < -0.4 is 0 Å². The van der Waals surface area contributed by atoms with Gasteiger partial charge < -0.3 is 0 Å². The molecule has 66 valence electrons. The van der Waals surface area contributed by atoms with E-state index < -0.39 is 5.83 Å². The van der Waals surface area contributed by atoms with Gasteiger partial charge in [0.2, 0.25) is 0 Å². The fourth-order valence-corrected chi connectivity index (χ4v) is 1.28. The Hall–Kier alpha value is -0.670. The van der Waals surface area contributed by atoms with Crippen LogP contribution in [0.25, 0.3) is 5.83 Å². The molecule has 1 heterocycles. The van der Waals surface area contributed by atoms with Gasteiger partial charge in [0.25, 0.3) is 0 Å². The minimum atomic E-state index is -0.505. The Morgan fingerprint density at radius 3 is 2.92 bits per heavy atom. The zero-order valence-electron chi connectivity index (χ0n) is 6.26. The van der Waals surface area contributed by atoms with Gasteiger partial charge in [-0.15, -0.1) is 0 Å². The molecule has 1 rings (SSSR count). The van der Waals surface area contributed by atoms with Crippen LogP contribution in [0.4, 0.5) is 4.39 Å². The number of hydrogen-bond donors (Lipinski definition) is 0. The molecule has 0 aliphatic heterocycles. The van der Waals surface area contributed by atoms with Gasteiger partial charge in [-0.05, 0) is 28.7 Å². The number of hydrogen-bond acceptors (Lipinski definition) is 2. The zero-order chi connectivity index (χ0) is 9.84. The molecule has 0 fully saturated rings. The number of aromatic nitrogens is 1. The first kappa shape index (κ1) is 10.4. The summed E-state index contributed by atoms with van der Waals surface area (Å²) in [5.41, 5.74) is 0.380. The van der Waals surface area contributed by atoms with E-state index in [-0.39, 0.29) is 10.7 Å². The normalized spacial score (nSPS) is 11.1. The van der Waals surface area contributed by atoms with Gasteiger partial charge in [0, 0.05) is 10.3 Å². The van der Waals surface area contributed by atoms with Crippen molar-refractivity contribution < 1.29 is 4.39 Å². The monoisotopic (exact) mass is 308 g/mol. The van der Waals surface area contributed by atoms with Crippen molar-refractivity contribution in [1.82, 2.24) is 4.98 Å². The third-order valence-electron chi connectivity index (χ3n) is 1.29. The lowest BCUT2D eigenvalue weighted by Gasteiger charge is -1.98. The molecule has 0 atom stereocenters. The van der Waals surface area contributed by atoms with Gasteiger partial charge in [0.15, 0.2) is 5.83 Å². The SMILES string of the molecule is N#Cc1cnc(/C(F)=C\I)c(Cl)c1. The molecule has 1 aromatic rings. The molecule has 0 N–H and O–H groups in total. The van der Waals surface area contributed by atoms with Crippen LogP contribution in [0.5, 0.6) is 0 Å². The van der Waals surface area contributed by atoms with Gasteiger partial charge >= 0.3 is 0 Å². The maximum Gasteiger partial charge on any atom is 0.156 e. The van der Waals surface area contributed by atoms with Crippen molar-refractivity contribution in [2.45, 2.75) is 0 Å². The van der Waals surface area contributed by atoms with E-state index in [1.807, 2.05) is 6.07 Å². The second-order valence-corrected chi connectivity index (χ2v) is 3.15. The van der Waals surface area contributed by atoms with Crippen LogP contribution in [0, 0.1) is 11.3 Å². The molecular weight excluding hydrogens is 305 g/mol. The molecule has 0 radical (unpaired) electrons. The van der Waals surface area contributed by atoms with E-state index in [0.717, 1.165) is 0 Å². The largest absolute Gasteiger partial charge is 0.251 e. The second-order valence-electron chi connectivity index (χ2n) is 2.12. The van der Waals surface area contributed by atoms with Gasteiger partial charge in [-0.2, -0.15) is 5.26 Å². The Morgan fingerprint density at radius 1 is 1.77 bits per heavy atom. The topological polar surface area (TPSA) is 36.7 Å². The van der Waals surface area contributed by atoms with Crippen LogP contribution in [0.2, 0.25) is 5.02 Å². The number of rotatable bonds is 1. The molecule has 0 bridgehead atoms. The quantitative estimate of drug-likeness (QED) is 0.746. The number of nitrogens with zero attached hydrogens (tertiary/aromatic N) is 2. The lowest BCUT2D eigenvalue weighted by Crippen LogP contribution is -1.87. The summed E-state index contributed by atoms with van der Waals surface area (Å²) in [4.78, 5) is 3.72. The van der Waals surface area contributed by atoms with Gasteiger partial charge in [-0.3, -0.25) is 4.98 Å². The highest BCUT2D eigenvalue weighted by Crippen LogP contribution is 2.24. The molecule has 0 unspecified atom stereocenters. The van der Waals surface area contributed by atoms with E-state index in [2.05, 4.69) is 4.98 Å². The minimum absolute atomic E-state index is 0.0649. The summed E-state index contributed by atoms with van der Waals surface area (Å²) in [7, 11) is 0. The first-order valence-electron chi connectivity index (χ1n) is 3.21. The standard InChI is InChI=1S/C8H3ClFIN2/c9-6-1-5(3-12)4-13-8(6)7(10)2-11/h1-2,4H/b7-2+. The third-order valence-corrected chi connectivity index (χ3v) is 2.13. The summed E-state index contributed by atoms with van der Waals surface area (Å²) in [5, 5.41) is 8.63. The van der Waals surface area contributed by atoms with Crippen molar-refractivity contribution in [3.8, 4) is 6.07 Å². The lowest BCUT2D eigenvalue weighted by molar-refractivity contribution is 0.755. The van der Waals surface area contributed by atoms with Crippen molar-refractivity contribution in [2.75, 3.05) is 0 Å². The van der Waals surface area contributed by atoms with E-state index in [1.54, 1.807) is 22.6 Å². The van der Waals surface area contributed by atoms with E-state index in [0.29, 0.717) is 5.56 Å². The van der Waals surface area contributed by atoms with Crippen LogP contribution in [-0.4, -0.2) is 4.98 Å². The molecule has 0 saturated heterocycles. The highest BCUT2D eigenvalue weighted by atomic mass is 127. The Labute approximate surface area is 93.2 Å². The summed E-state index contributed by atoms with van der Waals surface area (Å²) in [6.07, 6.45) is 1.28. The van der Waals surface area contributed by atoms with E-state index in [9.17, 15) is 4.39 Å². The van der Waals surface area contributed by atoms with E-state index in [4.69, 9.17) is 16.9 Å². The first-order valence-corrected chi connectivity index (χ1v) is 4.83. The fourth-order valence-electron chi connectivity index (χ4n) is 0.726. The maximum atomic E-state index is 13.0. The Morgan fingerprint density at radius 2 is 2.46 bits per heavy atom. The van der Waals surface area contributed by atoms with Crippen LogP contribution in [0.3, 0.4) is 0 Å². The lowest BCUT2D eigenvalue weighted by atomic mass is 10.2. The molecule has 13 heavy (non-hydrogen) atoms. The Bertz CT molecular complexity index is 398. The van der Waals surface area contributed by atoms with Gasteiger partial charge in [0.05, 0.1) is 10.6 Å². The van der Waals surface area contributed by atoms with Crippen LogP contribution in [0.1, 0.15) is 11.3 Å². The average molecular weight is 308 g/mol. The predicted octanol–water partition coefficient (Wildman–Crippen LogP) is 3.31. The third kappa shape index (κ3) is 2.39. The highest BCUT2D eigenvalue weighted by molar-refractivity contribution is 14.1. The molecule has 5 heteroatoms. The average Bonchev–Trinajstić information content (AvgIpc) is 2.16. The van der Waals surface area contributed by atoms with Crippen molar-refractivity contribution in [1.29, 1.82) is 5.26 Å². The first-order chi connectivity index (χ1) is 6.19. The number of nitriles is 1. The van der Waals surface area contributed by atoms with Crippen LogP contribution >= 0.6 is 34.2 Å². The summed E-state index contributed by atoms with van der Waals surface area (Å²) >= 11 is 7.43. The zero-order valence-corrected chi connectivity index (χ0v) is 9.17. The predicted molar refractivity (Wildman–Crippen MR) is 57.1 cm³/mol. The molecule has 0 amide bonds. The summed E-state index contributed by atoms with van der Waals surface area (Å²) in [5.74, 6) is -0.505. The van der Waals surface area contributed by atoms with Gasteiger partial charge in [0.1, 0.15) is 11.8 Å². The van der Waals surface area contributed by atoms with Crippen LogP contribution in [-0.2, 0) is 0 Å². The maximum absolute atomic E-state index is 13.0. The Kier molecular flexibility index (Phi) is 3.63. The van der Waals surface area contributed by atoms with E-state index >= 15 is 0 Å². The molecule has 0 aliphatic carbocycles.